The second-order valence-corrected chi connectivity index (χ2v) is 3.88. The summed E-state index contributed by atoms with van der Waals surface area (Å²) in [5, 5.41) is 0.529. The van der Waals surface area contributed by atoms with Crippen LogP contribution in [0.1, 0.15) is 17.9 Å². The molecule has 1 aliphatic carbocycles. The smallest absolute Gasteiger partial charge is 0.128 e. The quantitative estimate of drug-likeness (QED) is 0.779. The average molecular weight is 200 g/mol. The number of hydrogen-bond acceptors (Lipinski definition) is 1. The Balaban J connectivity index is 2.30. The minimum Gasteiger partial charge on any atom is -0.330 e. The van der Waals surface area contributed by atoms with Crippen molar-refractivity contribution < 1.29 is 4.39 Å². The van der Waals surface area contributed by atoms with E-state index in [0.717, 1.165) is 6.42 Å². The van der Waals surface area contributed by atoms with Gasteiger partial charge in [0.1, 0.15) is 5.82 Å². The third-order valence-corrected chi connectivity index (χ3v) is 2.93. The van der Waals surface area contributed by atoms with E-state index in [9.17, 15) is 4.39 Å². The highest BCUT2D eigenvalue weighted by Gasteiger charge is 2.39. The summed E-state index contributed by atoms with van der Waals surface area (Å²) < 4.78 is 13.3. The van der Waals surface area contributed by atoms with Gasteiger partial charge in [0.05, 0.1) is 0 Å². The standard InChI is InChI=1S/C10H11ClFN/c11-8-2-1-3-9(12)10(8)7-4-6(7)5-13/h1-3,6-7H,4-5,13H2/t6-,7-/m1/s1. The summed E-state index contributed by atoms with van der Waals surface area (Å²) in [6.45, 7) is 0.620. The molecule has 0 aliphatic heterocycles. The van der Waals surface area contributed by atoms with Crippen LogP contribution in [0.5, 0.6) is 0 Å². The van der Waals surface area contributed by atoms with Gasteiger partial charge in [0.15, 0.2) is 0 Å². The lowest BCUT2D eigenvalue weighted by Gasteiger charge is -2.03. The van der Waals surface area contributed by atoms with Crippen molar-refractivity contribution in [2.45, 2.75) is 12.3 Å². The summed E-state index contributed by atoms with van der Waals surface area (Å²) in [5.74, 6) is 0.474. The molecular formula is C10H11ClFN. The van der Waals surface area contributed by atoms with Gasteiger partial charge >= 0.3 is 0 Å². The number of hydrogen-bond donors (Lipinski definition) is 1. The molecule has 0 saturated heterocycles. The maximum Gasteiger partial charge on any atom is 0.128 e. The zero-order valence-electron chi connectivity index (χ0n) is 7.13. The van der Waals surface area contributed by atoms with Crippen LogP contribution in [0.2, 0.25) is 5.02 Å². The van der Waals surface area contributed by atoms with E-state index in [-0.39, 0.29) is 11.7 Å². The van der Waals surface area contributed by atoms with Crippen LogP contribution >= 0.6 is 11.6 Å². The molecule has 0 heterocycles. The zero-order chi connectivity index (χ0) is 9.42. The molecule has 0 spiro atoms. The number of halogens is 2. The Morgan fingerprint density at radius 1 is 1.54 bits per heavy atom. The van der Waals surface area contributed by atoms with Crippen molar-refractivity contribution in [1.82, 2.24) is 0 Å². The fourth-order valence-electron chi connectivity index (χ4n) is 1.73. The van der Waals surface area contributed by atoms with Crippen LogP contribution in [0, 0.1) is 11.7 Å². The molecule has 2 atom stereocenters. The number of nitrogens with two attached hydrogens (primary N) is 1. The van der Waals surface area contributed by atoms with Crippen LogP contribution in [0.15, 0.2) is 18.2 Å². The van der Waals surface area contributed by atoms with Gasteiger partial charge in [-0.25, -0.2) is 4.39 Å². The first kappa shape index (κ1) is 8.97. The molecule has 2 N–H and O–H groups in total. The van der Waals surface area contributed by atoms with Gasteiger partial charge < -0.3 is 5.73 Å². The van der Waals surface area contributed by atoms with E-state index in [1.165, 1.54) is 6.07 Å². The normalized spacial score (nSPS) is 26.1. The van der Waals surface area contributed by atoms with Crippen LogP contribution in [0.3, 0.4) is 0 Å². The molecule has 0 radical (unpaired) electrons. The van der Waals surface area contributed by atoms with Gasteiger partial charge in [-0.05, 0) is 36.9 Å². The minimum absolute atomic E-state index is 0.201. The summed E-state index contributed by atoms with van der Waals surface area (Å²) >= 11 is 5.91. The monoisotopic (exact) mass is 199 g/mol. The van der Waals surface area contributed by atoms with Crippen molar-refractivity contribution >= 4 is 11.6 Å². The largest absolute Gasteiger partial charge is 0.330 e. The van der Waals surface area contributed by atoms with E-state index in [1.54, 1.807) is 12.1 Å². The third kappa shape index (κ3) is 1.56. The molecular weight excluding hydrogens is 189 g/mol. The minimum atomic E-state index is -0.201. The average Bonchev–Trinajstić information content (AvgIpc) is 2.83. The predicted octanol–water partition coefficient (Wildman–Crippen LogP) is 2.54. The fourth-order valence-corrected chi connectivity index (χ4v) is 2.03. The molecule has 0 unspecified atom stereocenters. The highest BCUT2D eigenvalue weighted by Crippen LogP contribution is 2.49. The maximum atomic E-state index is 13.3. The highest BCUT2D eigenvalue weighted by molar-refractivity contribution is 6.31. The van der Waals surface area contributed by atoms with Gasteiger partial charge in [-0.2, -0.15) is 0 Å². The Morgan fingerprint density at radius 2 is 2.31 bits per heavy atom. The molecule has 1 aromatic rings. The number of benzene rings is 1. The molecule has 0 amide bonds. The van der Waals surface area contributed by atoms with E-state index in [2.05, 4.69) is 0 Å². The van der Waals surface area contributed by atoms with Crippen molar-refractivity contribution in [3.05, 3.63) is 34.6 Å². The Kier molecular flexibility index (Phi) is 2.26. The van der Waals surface area contributed by atoms with Gasteiger partial charge in [-0.3, -0.25) is 0 Å². The Hall–Kier alpha value is -0.600. The van der Waals surface area contributed by atoms with E-state index >= 15 is 0 Å². The third-order valence-electron chi connectivity index (χ3n) is 2.60. The molecule has 3 heteroatoms. The zero-order valence-corrected chi connectivity index (χ0v) is 7.89. The lowest BCUT2D eigenvalue weighted by molar-refractivity contribution is 0.606. The van der Waals surface area contributed by atoms with Gasteiger partial charge in [-0.15, -0.1) is 0 Å². The van der Waals surface area contributed by atoms with Crippen molar-refractivity contribution in [2.75, 3.05) is 6.54 Å². The Bertz CT molecular complexity index is 306. The molecule has 0 aromatic heterocycles. The lowest BCUT2D eigenvalue weighted by Crippen LogP contribution is -2.02. The van der Waals surface area contributed by atoms with Crippen LogP contribution in [-0.4, -0.2) is 6.54 Å². The maximum absolute atomic E-state index is 13.3. The first-order valence-corrected chi connectivity index (χ1v) is 4.75. The van der Waals surface area contributed by atoms with E-state index in [4.69, 9.17) is 17.3 Å². The van der Waals surface area contributed by atoms with E-state index in [1.807, 2.05) is 0 Å². The molecule has 2 rings (SSSR count). The molecule has 1 aliphatic rings. The first-order valence-electron chi connectivity index (χ1n) is 4.38. The van der Waals surface area contributed by atoms with Crippen LogP contribution in [0.25, 0.3) is 0 Å². The first-order chi connectivity index (χ1) is 6.24. The van der Waals surface area contributed by atoms with Crippen molar-refractivity contribution in [2.24, 2.45) is 11.7 Å². The summed E-state index contributed by atoms with van der Waals surface area (Å²) in [6.07, 6.45) is 0.969. The van der Waals surface area contributed by atoms with Crippen molar-refractivity contribution in [1.29, 1.82) is 0 Å². The lowest BCUT2D eigenvalue weighted by atomic mass is 10.1. The van der Waals surface area contributed by atoms with Gasteiger partial charge in [-0.1, -0.05) is 17.7 Å². The topological polar surface area (TPSA) is 26.0 Å². The van der Waals surface area contributed by atoms with Gasteiger partial charge in [0.2, 0.25) is 0 Å². The summed E-state index contributed by atoms with van der Waals surface area (Å²) in [5.41, 5.74) is 6.15. The fraction of sp³-hybridized carbons (Fsp3) is 0.400. The Morgan fingerprint density at radius 3 is 2.85 bits per heavy atom. The van der Waals surface area contributed by atoms with Crippen molar-refractivity contribution in [3.8, 4) is 0 Å². The van der Waals surface area contributed by atoms with Crippen molar-refractivity contribution in [3.63, 3.8) is 0 Å². The highest BCUT2D eigenvalue weighted by atomic mass is 35.5. The molecule has 1 nitrogen and oxygen atoms in total. The van der Waals surface area contributed by atoms with Crippen LogP contribution in [0.4, 0.5) is 4.39 Å². The molecule has 70 valence electrons. The summed E-state index contributed by atoms with van der Waals surface area (Å²) in [7, 11) is 0. The predicted molar refractivity (Wildman–Crippen MR) is 51.3 cm³/mol. The molecule has 1 aromatic carbocycles. The molecule has 1 saturated carbocycles. The second-order valence-electron chi connectivity index (χ2n) is 3.47. The molecule has 13 heavy (non-hydrogen) atoms. The van der Waals surface area contributed by atoms with Gasteiger partial charge in [0, 0.05) is 10.6 Å². The van der Waals surface area contributed by atoms with Crippen LogP contribution in [-0.2, 0) is 0 Å². The molecule has 0 bridgehead atoms. The van der Waals surface area contributed by atoms with Crippen LogP contribution < -0.4 is 5.73 Å². The second kappa shape index (κ2) is 3.28. The van der Waals surface area contributed by atoms with E-state index in [0.29, 0.717) is 23.0 Å². The Labute approximate surface area is 81.7 Å². The molecule has 1 fully saturated rings. The summed E-state index contributed by atoms with van der Waals surface area (Å²) in [4.78, 5) is 0. The van der Waals surface area contributed by atoms with Gasteiger partial charge in [0.25, 0.3) is 0 Å². The SMILES string of the molecule is NC[C@H]1C[C@H]1c1c(F)cccc1Cl. The van der Waals surface area contributed by atoms with E-state index < -0.39 is 0 Å². The summed E-state index contributed by atoms with van der Waals surface area (Å²) in [6, 6.07) is 4.81. The number of rotatable bonds is 2.